The molecule has 0 spiro atoms. The molecule has 0 saturated carbocycles. The number of carbonyl (C=O) groups is 3. The van der Waals surface area contributed by atoms with Gasteiger partial charge in [0.25, 0.3) is 5.91 Å². The van der Waals surface area contributed by atoms with E-state index in [-0.39, 0.29) is 30.2 Å². The van der Waals surface area contributed by atoms with Crippen molar-refractivity contribution < 1.29 is 19.1 Å². The number of nitrogens with zero attached hydrogens (tertiary/aromatic N) is 2. The number of anilines is 1. The van der Waals surface area contributed by atoms with E-state index in [9.17, 15) is 14.4 Å². The van der Waals surface area contributed by atoms with Crippen molar-refractivity contribution in [2.24, 2.45) is 0 Å². The molecule has 0 radical (unpaired) electrons. The number of amides is 3. The molecule has 2 unspecified atom stereocenters. The number of carbonyl (C=O) groups excluding carboxylic acids is 3. The van der Waals surface area contributed by atoms with Crippen molar-refractivity contribution in [1.82, 2.24) is 4.90 Å². The highest BCUT2D eigenvalue weighted by Crippen LogP contribution is 2.26. The van der Waals surface area contributed by atoms with Crippen molar-refractivity contribution in [3.63, 3.8) is 0 Å². The second-order valence-electron chi connectivity index (χ2n) is 5.93. The molecule has 122 valence electrons. The monoisotopic (exact) mass is 316 g/mol. The molecule has 23 heavy (non-hydrogen) atoms. The van der Waals surface area contributed by atoms with E-state index in [4.69, 9.17) is 4.74 Å². The van der Waals surface area contributed by atoms with E-state index in [2.05, 4.69) is 0 Å². The van der Waals surface area contributed by atoms with Gasteiger partial charge in [0.15, 0.2) is 0 Å². The van der Waals surface area contributed by atoms with Crippen LogP contribution < -0.4 is 4.90 Å². The summed E-state index contributed by atoms with van der Waals surface area (Å²) < 4.78 is 5.56. The van der Waals surface area contributed by atoms with Crippen LogP contribution in [0.15, 0.2) is 30.3 Å². The Kier molecular flexibility index (Phi) is 4.43. The Morgan fingerprint density at radius 1 is 1.30 bits per heavy atom. The molecule has 2 heterocycles. The average molecular weight is 316 g/mol. The molecule has 6 heteroatoms. The van der Waals surface area contributed by atoms with Gasteiger partial charge in [0, 0.05) is 20.1 Å². The maximum atomic E-state index is 12.7. The van der Waals surface area contributed by atoms with Crippen molar-refractivity contribution >= 4 is 23.4 Å². The minimum Gasteiger partial charge on any atom is -0.376 e. The molecule has 3 amide bonds. The number of hydrogen-bond acceptors (Lipinski definition) is 4. The molecule has 3 rings (SSSR count). The Morgan fingerprint density at radius 2 is 2.04 bits per heavy atom. The lowest BCUT2D eigenvalue weighted by Crippen LogP contribution is -2.47. The Labute approximate surface area is 135 Å². The fourth-order valence-electron chi connectivity index (χ4n) is 3.19. The first-order valence-corrected chi connectivity index (χ1v) is 7.88. The molecule has 0 aromatic heterocycles. The predicted molar refractivity (Wildman–Crippen MR) is 83.7 cm³/mol. The second kappa shape index (κ2) is 6.50. The molecule has 2 saturated heterocycles. The van der Waals surface area contributed by atoms with Gasteiger partial charge in [0.05, 0.1) is 18.2 Å². The van der Waals surface area contributed by atoms with E-state index in [1.54, 1.807) is 24.3 Å². The maximum absolute atomic E-state index is 12.7. The summed E-state index contributed by atoms with van der Waals surface area (Å²) in [6, 6.07) is 8.08. The van der Waals surface area contributed by atoms with Crippen LogP contribution in [0, 0.1) is 0 Å². The number of para-hydroxylation sites is 1. The van der Waals surface area contributed by atoms with Crippen LogP contribution in [0.2, 0.25) is 0 Å². The number of benzene rings is 1. The molecular weight excluding hydrogens is 296 g/mol. The first-order valence-electron chi connectivity index (χ1n) is 7.88. The lowest BCUT2D eigenvalue weighted by Gasteiger charge is -2.28. The minimum absolute atomic E-state index is 0.0278. The molecule has 0 aliphatic carbocycles. The van der Waals surface area contributed by atoms with E-state index in [0.29, 0.717) is 18.8 Å². The van der Waals surface area contributed by atoms with E-state index >= 15 is 0 Å². The summed E-state index contributed by atoms with van der Waals surface area (Å²) in [5, 5.41) is 0. The van der Waals surface area contributed by atoms with Gasteiger partial charge in [0.1, 0.15) is 6.04 Å². The van der Waals surface area contributed by atoms with E-state index in [0.717, 1.165) is 12.8 Å². The van der Waals surface area contributed by atoms with Gasteiger partial charge in [-0.25, -0.2) is 4.90 Å². The van der Waals surface area contributed by atoms with Gasteiger partial charge in [-0.05, 0) is 25.0 Å². The van der Waals surface area contributed by atoms with Crippen LogP contribution in [0.3, 0.4) is 0 Å². The summed E-state index contributed by atoms with van der Waals surface area (Å²) in [4.78, 5) is 39.7. The Bertz CT molecular complexity index is 610. The molecule has 2 fully saturated rings. The summed E-state index contributed by atoms with van der Waals surface area (Å²) in [5.74, 6) is -0.819. The van der Waals surface area contributed by atoms with Crippen molar-refractivity contribution in [2.75, 3.05) is 18.1 Å². The van der Waals surface area contributed by atoms with Crippen molar-refractivity contribution in [3.8, 4) is 0 Å². The van der Waals surface area contributed by atoms with Crippen molar-refractivity contribution in [1.29, 1.82) is 0 Å². The molecule has 1 aromatic rings. The van der Waals surface area contributed by atoms with Gasteiger partial charge in [-0.1, -0.05) is 18.2 Å². The lowest BCUT2D eigenvalue weighted by atomic mass is 10.1. The number of rotatable bonds is 4. The summed E-state index contributed by atoms with van der Waals surface area (Å²) in [7, 11) is 0. The van der Waals surface area contributed by atoms with Crippen molar-refractivity contribution in [2.45, 2.75) is 38.3 Å². The molecule has 2 aliphatic rings. The van der Waals surface area contributed by atoms with Crippen LogP contribution in [-0.2, 0) is 19.1 Å². The van der Waals surface area contributed by atoms with Crippen LogP contribution >= 0.6 is 0 Å². The van der Waals surface area contributed by atoms with Gasteiger partial charge in [-0.2, -0.15) is 0 Å². The molecule has 0 bridgehead atoms. The standard InChI is InChI=1S/C17H20N2O4/c1-12(20)18(11-14-8-5-9-23-14)15-10-16(21)19(17(15)22)13-6-3-2-4-7-13/h2-4,6-7,14-15H,5,8-11H2,1H3. The van der Waals surface area contributed by atoms with E-state index in [1.807, 2.05) is 6.07 Å². The third-order valence-corrected chi connectivity index (χ3v) is 4.34. The van der Waals surface area contributed by atoms with E-state index < -0.39 is 6.04 Å². The summed E-state index contributed by atoms with van der Waals surface area (Å²) in [5.41, 5.74) is 0.547. The largest absolute Gasteiger partial charge is 0.376 e. The Hall–Kier alpha value is -2.21. The minimum atomic E-state index is -0.732. The summed E-state index contributed by atoms with van der Waals surface area (Å²) >= 11 is 0. The predicted octanol–water partition coefficient (Wildman–Crippen LogP) is 1.35. The summed E-state index contributed by atoms with van der Waals surface area (Å²) in [6.07, 6.45) is 1.82. The number of imide groups is 1. The number of ether oxygens (including phenoxy) is 1. The zero-order valence-corrected chi connectivity index (χ0v) is 13.1. The Balaban J connectivity index is 1.80. The fourth-order valence-corrected chi connectivity index (χ4v) is 3.19. The van der Waals surface area contributed by atoms with Gasteiger partial charge in [-0.3, -0.25) is 14.4 Å². The zero-order valence-electron chi connectivity index (χ0n) is 13.1. The highest BCUT2D eigenvalue weighted by Gasteiger charge is 2.44. The molecule has 0 N–H and O–H groups in total. The fraction of sp³-hybridized carbons (Fsp3) is 0.471. The number of hydrogen-bond donors (Lipinski definition) is 0. The topological polar surface area (TPSA) is 66.9 Å². The van der Waals surface area contributed by atoms with Gasteiger partial charge >= 0.3 is 0 Å². The quantitative estimate of drug-likeness (QED) is 0.786. The van der Waals surface area contributed by atoms with Gasteiger partial charge in [-0.15, -0.1) is 0 Å². The van der Waals surface area contributed by atoms with Crippen molar-refractivity contribution in [3.05, 3.63) is 30.3 Å². The second-order valence-corrected chi connectivity index (χ2v) is 5.93. The highest BCUT2D eigenvalue weighted by atomic mass is 16.5. The smallest absolute Gasteiger partial charge is 0.257 e. The lowest BCUT2D eigenvalue weighted by molar-refractivity contribution is -0.138. The first-order chi connectivity index (χ1) is 11.1. The first kappa shape index (κ1) is 15.7. The third-order valence-electron chi connectivity index (χ3n) is 4.34. The molecule has 6 nitrogen and oxygen atoms in total. The van der Waals surface area contributed by atoms with Crippen LogP contribution in [0.5, 0.6) is 0 Å². The zero-order chi connectivity index (χ0) is 16.4. The normalized spacial score (nSPS) is 24.3. The molecule has 2 atom stereocenters. The van der Waals surface area contributed by atoms with Crippen LogP contribution in [-0.4, -0.2) is 47.9 Å². The maximum Gasteiger partial charge on any atom is 0.257 e. The molecule has 1 aromatic carbocycles. The Morgan fingerprint density at radius 3 is 2.65 bits per heavy atom. The van der Waals surface area contributed by atoms with Gasteiger partial charge in [0.2, 0.25) is 11.8 Å². The van der Waals surface area contributed by atoms with Crippen LogP contribution in [0.4, 0.5) is 5.69 Å². The van der Waals surface area contributed by atoms with Gasteiger partial charge < -0.3 is 9.64 Å². The SMILES string of the molecule is CC(=O)N(CC1CCCO1)C1CC(=O)N(c2ccccc2)C1=O. The van der Waals surface area contributed by atoms with Crippen LogP contribution in [0.25, 0.3) is 0 Å². The molecular formula is C17H20N2O4. The van der Waals surface area contributed by atoms with E-state index in [1.165, 1.54) is 16.7 Å². The average Bonchev–Trinajstić information content (AvgIpc) is 3.13. The van der Waals surface area contributed by atoms with Crippen LogP contribution in [0.1, 0.15) is 26.2 Å². The highest BCUT2D eigenvalue weighted by molar-refractivity contribution is 6.22. The third kappa shape index (κ3) is 3.12. The summed E-state index contributed by atoms with van der Waals surface area (Å²) in [6.45, 7) is 2.48. The molecule has 2 aliphatic heterocycles.